The molecule has 3 aromatic heterocycles. The molecule has 0 bridgehead atoms. The number of pyridine rings is 1. The summed E-state index contributed by atoms with van der Waals surface area (Å²) in [4.78, 5) is 28.3. The van der Waals surface area contributed by atoms with Gasteiger partial charge in [-0.25, -0.2) is 9.97 Å². The Kier molecular flexibility index (Phi) is 4.94. The summed E-state index contributed by atoms with van der Waals surface area (Å²) in [6.07, 6.45) is 4.24. The number of nitrogens with one attached hydrogen (secondary N) is 3. The molecule has 1 amide bonds. The quantitative estimate of drug-likeness (QED) is 0.520. The number of fused-ring (bicyclic) bond motifs is 1. The summed E-state index contributed by atoms with van der Waals surface area (Å²) < 4.78 is 0. The number of rotatable bonds is 4. The molecule has 5 rings (SSSR count). The van der Waals surface area contributed by atoms with Gasteiger partial charge in [-0.15, -0.1) is 11.3 Å². The summed E-state index contributed by atoms with van der Waals surface area (Å²) in [5.41, 5.74) is 1.77. The van der Waals surface area contributed by atoms with Crippen LogP contribution in [0.1, 0.15) is 29.6 Å². The predicted molar refractivity (Wildman–Crippen MR) is 113 cm³/mol. The number of anilines is 1. The van der Waals surface area contributed by atoms with Crippen LogP contribution in [-0.4, -0.2) is 64.3 Å². The van der Waals surface area contributed by atoms with E-state index in [-0.39, 0.29) is 18.1 Å². The van der Waals surface area contributed by atoms with Gasteiger partial charge in [0.15, 0.2) is 11.5 Å². The van der Waals surface area contributed by atoms with Crippen LogP contribution in [0.15, 0.2) is 24.4 Å². The molecule has 9 heteroatoms. The molecule has 0 aliphatic carbocycles. The summed E-state index contributed by atoms with van der Waals surface area (Å²) in [7, 11) is 0. The van der Waals surface area contributed by atoms with Crippen molar-refractivity contribution in [3.63, 3.8) is 0 Å². The van der Waals surface area contributed by atoms with Crippen LogP contribution in [0.2, 0.25) is 0 Å². The van der Waals surface area contributed by atoms with Gasteiger partial charge < -0.3 is 25.6 Å². The number of H-pyrrole nitrogens is 1. The predicted octanol–water partition coefficient (Wildman–Crippen LogP) is 1.74. The molecule has 0 spiro atoms. The molecule has 8 nitrogen and oxygen atoms in total. The zero-order chi connectivity index (χ0) is 19.8. The van der Waals surface area contributed by atoms with E-state index in [1.165, 1.54) is 0 Å². The third-order valence-electron chi connectivity index (χ3n) is 5.57. The van der Waals surface area contributed by atoms with Crippen LogP contribution >= 0.6 is 11.3 Å². The molecule has 5 heterocycles. The summed E-state index contributed by atoms with van der Waals surface area (Å²) in [6, 6.07) is 5.97. The Morgan fingerprint density at radius 1 is 1.31 bits per heavy atom. The number of thiophene rings is 1. The molecular weight excluding hydrogens is 388 g/mol. The first-order chi connectivity index (χ1) is 14.2. The Bertz CT molecular complexity index is 1030. The number of piperidine rings is 1. The van der Waals surface area contributed by atoms with Crippen molar-refractivity contribution in [1.82, 2.24) is 25.6 Å². The highest BCUT2D eigenvalue weighted by molar-refractivity contribution is 7.19. The zero-order valence-corrected chi connectivity index (χ0v) is 16.8. The number of aliphatic hydroxyl groups is 1. The van der Waals surface area contributed by atoms with Gasteiger partial charge in [-0.2, -0.15) is 0 Å². The minimum Gasteiger partial charge on any atom is -0.391 e. The smallest absolute Gasteiger partial charge is 0.253 e. The molecule has 0 unspecified atom stereocenters. The standard InChI is InChI=1S/C20H24N6O2S/c27-13-6-9-26(11-13)16-4-3-15(29-16)18-24-17-14(5-8-22-19(17)25-18)20(28)23-12-2-1-7-21-10-12/h3-5,8,12-13,21,27H,1-2,6-7,9-11H2,(H,23,28)(H,22,24,25)/t12-,13-/m0/s1. The lowest BCUT2D eigenvalue weighted by Gasteiger charge is -2.23. The first-order valence-corrected chi connectivity index (χ1v) is 10.9. The monoisotopic (exact) mass is 412 g/mol. The molecule has 3 aromatic rings. The molecule has 0 aromatic carbocycles. The van der Waals surface area contributed by atoms with Crippen molar-refractivity contribution in [3.05, 3.63) is 30.0 Å². The number of β-amino-alcohol motifs (C(OH)–C–C–N with tert-alkyl or cyclic N) is 1. The highest BCUT2D eigenvalue weighted by Gasteiger charge is 2.23. The maximum Gasteiger partial charge on any atom is 0.253 e. The van der Waals surface area contributed by atoms with Gasteiger partial charge >= 0.3 is 0 Å². The zero-order valence-electron chi connectivity index (χ0n) is 16.0. The Hall–Kier alpha value is -2.49. The van der Waals surface area contributed by atoms with Gasteiger partial charge in [0.25, 0.3) is 5.91 Å². The summed E-state index contributed by atoms with van der Waals surface area (Å²) in [6.45, 7) is 3.34. The average molecular weight is 413 g/mol. The van der Waals surface area contributed by atoms with E-state index in [9.17, 15) is 9.90 Å². The van der Waals surface area contributed by atoms with Crippen molar-refractivity contribution in [2.75, 3.05) is 31.1 Å². The van der Waals surface area contributed by atoms with Crippen LogP contribution in [0.25, 0.3) is 21.9 Å². The Balaban J connectivity index is 1.40. The fourth-order valence-electron chi connectivity index (χ4n) is 4.02. The third-order valence-corrected chi connectivity index (χ3v) is 6.72. The fourth-order valence-corrected chi connectivity index (χ4v) is 5.01. The SMILES string of the molecule is O=C(N[C@H]1CCCNC1)c1ccnc2nc(-c3ccc(N4CC[C@H](O)C4)s3)[nH]c12. The number of aromatic nitrogens is 3. The van der Waals surface area contributed by atoms with E-state index in [4.69, 9.17) is 0 Å². The van der Waals surface area contributed by atoms with Crippen molar-refractivity contribution in [2.45, 2.75) is 31.4 Å². The third kappa shape index (κ3) is 3.73. The first kappa shape index (κ1) is 18.5. The second-order valence-corrected chi connectivity index (χ2v) is 8.75. The highest BCUT2D eigenvalue weighted by Crippen LogP contribution is 2.34. The van der Waals surface area contributed by atoms with E-state index in [0.717, 1.165) is 48.8 Å². The number of aliphatic hydroxyl groups excluding tert-OH is 1. The molecular formula is C20H24N6O2S. The minimum absolute atomic E-state index is 0.0979. The number of hydrogen-bond acceptors (Lipinski definition) is 7. The van der Waals surface area contributed by atoms with Crippen LogP contribution in [0.4, 0.5) is 5.00 Å². The second kappa shape index (κ2) is 7.74. The normalized spacial score (nSPS) is 22.3. The number of carbonyl (C=O) groups excluding carboxylic acids is 1. The van der Waals surface area contributed by atoms with Gasteiger partial charge in [-0.1, -0.05) is 0 Å². The Morgan fingerprint density at radius 2 is 2.24 bits per heavy atom. The van der Waals surface area contributed by atoms with Gasteiger partial charge in [0, 0.05) is 31.9 Å². The maximum absolute atomic E-state index is 12.8. The number of hydrogen-bond donors (Lipinski definition) is 4. The van der Waals surface area contributed by atoms with Crippen LogP contribution in [0, 0.1) is 0 Å². The van der Waals surface area contributed by atoms with E-state index >= 15 is 0 Å². The van der Waals surface area contributed by atoms with Gasteiger partial charge in [-0.3, -0.25) is 4.79 Å². The van der Waals surface area contributed by atoms with E-state index in [0.29, 0.717) is 29.1 Å². The van der Waals surface area contributed by atoms with Crippen molar-refractivity contribution in [2.24, 2.45) is 0 Å². The largest absolute Gasteiger partial charge is 0.391 e. The average Bonchev–Trinajstić information content (AvgIpc) is 3.46. The second-order valence-electron chi connectivity index (χ2n) is 7.69. The number of carbonyl (C=O) groups is 1. The molecule has 2 fully saturated rings. The van der Waals surface area contributed by atoms with Crippen LogP contribution < -0.4 is 15.5 Å². The molecule has 2 aliphatic heterocycles. The summed E-state index contributed by atoms with van der Waals surface area (Å²) >= 11 is 1.63. The van der Waals surface area contributed by atoms with Gasteiger partial charge in [-0.05, 0) is 44.0 Å². The molecule has 0 saturated carbocycles. The van der Waals surface area contributed by atoms with Gasteiger partial charge in [0.2, 0.25) is 0 Å². The summed E-state index contributed by atoms with van der Waals surface area (Å²) in [5.74, 6) is 0.613. The highest BCUT2D eigenvalue weighted by atomic mass is 32.1. The van der Waals surface area contributed by atoms with Crippen molar-refractivity contribution < 1.29 is 9.90 Å². The van der Waals surface area contributed by atoms with Crippen LogP contribution in [0.5, 0.6) is 0 Å². The minimum atomic E-state index is -0.253. The number of nitrogens with zero attached hydrogens (tertiary/aromatic N) is 3. The molecule has 2 saturated heterocycles. The van der Waals surface area contributed by atoms with E-state index in [1.54, 1.807) is 23.6 Å². The number of amides is 1. The molecule has 29 heavy (non-hydrogen) atoms. The van der Waals surface area contributed by atoms with Crippen LogP contribution in [0.3, 0.4) is 0 Å². The van der Waals surface area contributed by atoms with E-state index < -0.39 is 0 Å². The Morgan fingerprint density at radius 3 is 3.03 bits per heavy atom. The topological polar surface area (TPSA) is 106 Å². The number of aromatic amines is 1. The lowest BCUT2D eigenvalue weighted by atomic mass is 10.1. The first-order valence-electron chi connectivity index (χ1n) is 10.1. The molecule has 2 aliphatic rings. The van der Waals surface area contributed by atoms with Crippen LogP contribution in [-0.2, 0) is 0 Å². The van der Waals surface area contributed by atoms with E-state index in [1.807, 2.05) is 6.07 Å². The molecule has 4 N–H and O–H groups in total. The van der Waals surface area contributed by atoms with Crippen molar-refractivity contribution in [1.29, 1.82) is 0 Å². The van der Waals surface area contributed by atoms with Gasteiger partial charge in [0.1, 0.15) is 0 Å². The fraction of sp³-hybridized carbons (Fsp3) is 0.450. The lowest BCUT2D eigenvalue weighted by molar-refractivity contribution is 0.0932. The number of imidazole rings is 1. The van der Waals surface area contributed by atoms with Gasteiger partial charge in [0.05, 0.1) is 27.1 Å². The lowest BCUT2D eigenvalue weighted by Crippen LogP contribution is -2.45. The molecule has 0 radical (unpaired) electrons. The summed E-state index contributed by atoms with van der Waals surface area (Å²) in [5, 5.41) is 17.3. The maximum atomic E-state index is 12.8. The van der Waals surface area contributed by atoms with Crippen molar-refractivity contribution >= 4 is 33.4 Å². The molecule has 2 atom stereocenters. The Labute approximate surface area is 172 Å². The molecule has 152 valence electrons. The van der Waals surface area contributed by atoms with Crippen molar-refractivity contribution in [3.8, 4) is 10.7 Å². The van der Waals surface area contributed by atoms with E-state index in [2.05, 4.69) is 36.6 Å².